The van der Waals surface area contributed by atoms with Gasteiger partial charge in [0.25, 0.3) is 0 Å². The number of aliphatic hydroxyl groups excluding tert-OH is 1. The van der Waals surface area contributed by atoms with Crippen molar-refractivity contribution in [3.8, 4) is 0 Å². The molecule has 0 aliphatic rings. The van der Waals surface area contributed by atoms with Crippen LogP contribution in [0.5, 0.6) is 0 Å². The monoisotopic (exact) mass is 326 g/mol. The number of benzene rings is 1. The first-order valence-corrected chi connectivity index (χ1v) is 3.34. The van der Waals surface area contributed by atoms with Crippen LogP contribution < -0.4 is 24.0 Å². The van der Waals surface area contributed by atoms with Crippen molar-refractivity contribution in [2.75, 3.05) is 0 Å². The fourth-order valence-electron chi connectivity index (χ4n) is 0.811. The molecule has 0 saturated heterocycles. The second-order valence-corrected chi connectivity index (χ2v) is 2.22. The molecule has 0 unspecified atom stereocenters. The number of hydrogen-bond acceptors (Lipinski definition) is 1. The summed E-state index contributed by atoms with van der Waals surface area (Å²) in [6.07, 6.45) is 0.811. The van der Waals surface area contributed by atoms with E-state index < -0.39 is 0 Å². The van der Waals surface area contributed by atoms with Crippen LogP contribution in [-0.4, -0.2) is 5.11 Å². The molecule has 1 rings (SSSR count). The predicted octanol–water partition coefficient (Wildman–Crippen LogP) is -1.44. The van der Waals surface area contributed by atoms with Crippen molar-refractivity contribution in [3.63, 3.8) is 0 Å². The molecule has 0 spiro atoms. The van der Waals surface area contributed by atoms with E-state index in [0.29, 0.717) is 0 Å². The molecular formula is C9H11IOZn. The summed E-state index contributed by atoms with van der Waals surface area (Å²) in [5.74, 6) is 0. The van der Waals surface area contributed by atoms with Crippen molar-refractivity contribution < 1.29 is 48.6 Å². The van der Waals surface area contributed by atoms with Gasteiger partial charge in [0.1, 0.15) is 0 Å². The summed E-state index contributed by atoms with van der Waals surface area (Å²) in [5, 5.41) is 8.69. The van der Waals surface area contributed by atoms with E-state index in [2.05, 4.69) is 6.92 Å². The zero-order chi connectivity index (χ0) is 7.40. The third-order valence-electron chi connectivity index (χ3n) is 1.49. The minimum Gasteiger partial charge on any atom is -1.00 e. The van der Waals surface area contributed by atoms with Crippen molar-refractivity contribution in [2.24, 2.45) is 0 Å². The summed E-state index contributed by atoms with van der Waals surface area (Å²) in [6.45, 7) is 3.87. The van der Waals surface area contributed by atoms with Crippen molar-refractivity contribution in [1.82, 2.24) is 0 Å². The number of aliphatic hydroxyl groups is 1. The van der Waals surface area contributed by atoms with Gasteiger partial charge in [0.05, 0.1) is 6.61 Å². The van der Waals surface area contributed by atoms with E-state index in [0.717, 1.165) is 12.0 Å². The van der Waals surface area contributed by atoms with E-state index in [-0.39, 0.29) is 50.1 Å². The molecule has 0 aliphatic heterocycles. The van der Waals surface area contributed by atoms with Crippen LogP contribution in [0.1, 0.15) is 11.1 Å². The maximum atomic E-state index is 8.69. The van der Waals surface area contributed by atoms with Crippen LogP contribution in [0.2, 0.25) is 0 Å². The molecule has 0 atom stereocenters. The summed E-state index contributed by atoms with van der Waals surface area (Å²) in [4.78, 5) is 0. The van der Waals surface area contributed by atoms with Gasteiger partial charge < -0.3 is 36.0 Å². The van der Waals surface area contributed by atoms with Gasteiger partial charge in [0.2, 0.25) is 0 Å². The van der Waals surface area contributed by atoms with Crippen molar-refractivity contribution in [1.29, 1.82) is 0 Å². The molecule has 1 aromatic carbocycles. The summed E-state index contributed by atoms with van der Waals surface area (Å²) in [7, 11) is 0. The Morgan fingerprint density at radius 2 is 1.50 bits per heavy atom. The van der Waals surface area contributed by atoms with Crippen molar-refractivity contribution >= 4 is 0 Å². The zero-order valence-electron chi connectivity index (χ0n) is 6.96. The van der Waals surface area contributed by atoms with Gasteiger partial charge in [-0.3, -0.25) is 0 Å². The van der Waals surface area contributed by atoms with Gasteiger partial charge in [-0.25, -0.2) is 0 Å². The molecule has 0 aromatic heterocycles. The maximum Gasteiger partial charge on any atom is 2.00 e. The topological polar surface area (TPSA) is 20.2 Å². The van der Waals surface area contributed by atoms with Crippen molar-refractivity contribution in [3.05, 3.63) is 42.3 Å². The first-order chi connectivity index (χ1) is 4.86. The van der Waals surface area contributed by atoms with E-state index >= 15 is 0 Å². The Labute approximate surface area is 103 Å². The maximum absolute atomic E-state index is 8.69. The van der Waals surface area contributed by atoms with Gasteiger partial charge in [0.15, 0.2) is 0 Å². The summed E-state index contributed by atoms with van der Waals surface area (Å²) >= 11 is 0. The first kappa shape index (κ1) is 15.0. The van der Waals surface area contributed by atoms with Gasteiger partial charge in [0, 0.05) is 0 Å². The Kier molecular flexibility index (Phi) is 10.2. The molecule has 0 radical (unpaired) electrons. The van der Waals surface area contributed by atoms with E-state index in [9.17, 15) is 0 Å². The molecule has 1 aromatic rings. The molecule has 0 amide bonds. The molecule has 12 heavy (non-hydrogen) atoms. The fraction of sp³-hybridized carbons (Fsp3) is 0.222. The molecule has 3 heteroatoms. The number of hydrogen-bond donors (Lipinski definition) is 1. The average molecular weight is 327 g/mol. The molecule has 0 aliphatic carbocycles. The number of rotatable bonds is 2. The minimum absolute atomic E-state index is 0. The first-order valence-electron chi connectivity index (χ1n) is 3.34. The quantitative estimate of drug-likeness (QED) is 0.401. The van der Waals surface area contributed by atoms with Crippen molar-refractivity contribution in [2.45, 2.75) is 13.0 Å². The van der Waals surface area contributed by atoms with Gasteiger partial charge in [-0.15, -0.1) is 0 Å². The van der Waals surface area contributed by atoms with E-state index in [1.807, 2.05) is 24.3 Å². The summed E-state index contributed by atoms with van der Waals surface area (Å²) < 4.78 is 0. The van der Waals surface area contributed by atoms with Crippen LogP contribution in [0.4, 0.5) is 0 Å². The molecule has 0 saturated carbocycles. The summed E-state index contributed by atoms with van der Waals surface area (Å²) in [6, 6.07) is 7.80. The van der Waals surface area contributed by atoms with Gasteiger partial charge >= 0.3 is 19.5 Å². The largest absolute Gasteiger partial charge is 2.00 e. The third kappa shape index (κ3) is 4.53. The average Bonchev–Trinajstić information content (AvgIpc) is 2.05. The van der Waals surface area contributed by atoms with Gasteiger partial charge in [-0.05, 0) is 5.56 Å². The SMILES string of the molecule is [CH2-]Cc1ccc(CO)cc1.[I-].[Zn+2]. The molecule has 0 bridgehead atoms. The standard InChI is InChI=1S/C9H11O.HI.Zn/c1-2-8-3-5-9(7-10)6-4-8;;/h3-6,10H,1-2,7H2;1H;/q-1;;+2/p-1. The second kappa shape index (κ2) is 8.15. The Morgan fingerprint density at radius 1 is 1.08 bits per heavy atom. The predicted molar refractivity (Wildman–Crippen MR) is 41.4 cm³/mol. The van der Waals surface area contributed by atoms with Crippen LogP contribution >= 0.6 is 0 Å². The zero-order valence-corrected chi connectivity index (χ0v) is 12.1. The number of halogens is 1. The van der Waals surface area contributed by atoms with E-state index in [1.54, 1.807) is 0 Å². The van der Waals surface area contributed by atoms with Crippen LogP contribution in [0.15, 0.2) is 24.3 Å². The minimum atomic E-state index is 0. The fourth-order valence-corrected chi connectivity index (χ4v) is 0.811. The van der Waals surface area contributed by atoms with E-state index in [4.69, 9.17) is 5.11 Å². The molecule has 1 nitrogen and oxygen atoms in total. The Balaban J connectivity index is 0. The van der Waals surface area contributed by atoms with Crippen LogP contribution in [0.3, 0.4) is 0 Å². The Hall–Kier alpha value is 0.533. The van der Waals surface area contributed by atoms with Gasteiger partial charge in [-0.2, -0.15) is 6.42 Å². The Morgan fingerprint density at radius 3 is 1.83 bits per heavy atom. The molecule has 1 N–H and O–H groups in total. The summed E-state index contributed by atoms with van der Waals surface area (Å²) in [5.41, 5.74) is 2.16. The molecule has 0 fully saturated rings. The molecule has 62 valence electrons. The molecular weight excluding hydrogens is 316 g/mol. The van der Waals surface area contributed by atoms with E-state index in [1.165, 1.54) is 5.56 Å². The van der Waals surface area contributed by atoms with Crippen LogP contribution in [-0.2, 0) is 32.5 Å². The van der Waals surface area contributed by atoms with Gasteiger partial charge in [-0.1, -0.05) is 29.8 Å². The molecule has 0 heterocycles. The van der Waals surface area contributed by atoms with Crippen LogP contribution in [0.25, 0.3) is 0 Å². The van der Waals surface area contributed by atoms with Crippen LogP contribution in [0, 0.1) is 6.92 Å². The normalized spacial score (nSPS) is 8.17. The Bertz CT molecular complexity index is 175. The smallest absolute Gasteiger partial charge is 1.00 e. The second-order valence-electron chi connectivity index (χ2n) is 2.22. The third-order valence-corrected chi connectivity index (χ3v) is 1.49.